The van der Waals surface area contributed by atoms with E-state index in [2.05, 4.69) is 0 Å². The summed E-state index contributed by atoms with van der Waals surface area (Å²) in [5, 5.41) is 0. The van der Waals surface area contributed by atoms with Gasteiger partial charge in [-0.15, -0.1) is 0 Å². The second-order valence-electron chi connectivity index (χ2n) is 5.77. The number of imide groups is 1. The number of carbonyl (C=O) groups is 3. The van der Waals surface area contributed by atoms with E-state index in [1.54, 1.807) is 0 Å². The molecule has 1 saturated carbocycles. The van der Waals surface area contributed by atoms with E-state index in [1.165, 1.54) is 36.3 Å². The summed E-state index contributed by atoms with van der Waals surface area (Å²) in [4.78, 5) is 35.9. The average Bonchev–Trinajstić information content (AvgIpc) is 2.79. The Balaban J connectivity index is 1.56. The Morgan fingerprint density at radius 3 is 2.30 bits per heavy atom. The van der Waals surface area contributed by atoms with Crippen LogP contribution in [0.25, 0.3) is 0 Å². The molecule has 110 valence electrons. The molecular weight excluding hydrogens is 254 g/mol. The van der Waals surface area contributed by atoms with E-state index in [-0.39, 0.29) is 11.8 Å². The highest BCUT2D eigenvalue weighted by Gasteiger charge is 2.23. The van der Waals surface area contributed by atoms with Gasteiger partial charge >= 0.3 is 0 Å². The molecule has 0 aromatic rings. The third-order valence-electron chi connectivity index (χ3n) is 4.27. The van der Waals surface area contributed by atoms with Crippen LogP contribution in [-0.4, -0.2) is 29.0 Å². The molecule has 1 fully saturated rings. The monoisotopic (exact) mass is 277 g/mol. The van der Waals surface area contributed by atoms with Crippen LogP contribution in [0, 0.1) is 5.92 Å². The Morgan fingerprint density at radius 1 is 1.00 bits per heavy atom. The van der Waals surface area contributed by atoms with Gasteiger partial charge in [-0.25, -0.2) is 0 Å². The summed E-state index contributed by atoms with van der Waals surface area (Å²) in [6.07, 6.45) is 11.7. The predicted octanol–water partition coefficient (Wildman–Crippen LogP) is 2.62. The van der Waals surface area contributed by atoms with Crippen LogP contribution >= 0.6 is 0 Å². The molecular formula is C16H23NO3. The fourth-order valence-electron chi connectivity index (χ4n) is 3.03. The maximum absolute atomic E-state index is 12.0. The van der Waals surface area contributed by atoms with E-state index in [4.69, 9.17) is 0 Å². The van der Waals surface area contributed by atoms with Gasteiger partial charge in [0.2, 0.25) is 0 Å². The Labute approximate surface area is 120 Å². The lowest BCUT2D eigenvalue weighted by molar-refractivity contribution is -0.137. The van der Waals surface area contributed by atoms with Crippen molar-refractivity contribution in [1.82, 2.24) is 4.90 Å². The Morgan fingerprint density at radius 2 is 1.65 bits per heavy atom. The molecule has 0 unspecified atom stereocenters. The summed E-state index contributed by atoms with van der Waals surface area (Å²) in [7, 11) is 0. The van der Waals surface area contributed by atoms with Crippen LogP contribution in [0.15, 0.2) is 12.2 Å². The predicted molar refractivity (Wildman–Crippen MR) is 75.9 cm³/mol. The zero-order valence-corrected chi connectivity index (χ0v) is 12.0. The minimum atomic E-state index is -0.215. The van der Waals surface area contributed by atoms with Crippen LogP contribution < -0.4 is 0 Å². The van der Waals surface area contributed by atoms with Gasteiger partial charge in [0, 0.05) is 31.0 Å². The number of rotatable bonds is 7. The van der Waals surface area contributed by atoms with Gasteiger partial charge in [0.1, 0.15) is 5.78 Å². The van der Waals surface area contributed by atoms with E-state index < -0.39 is 0 Å². The molecule has 0 aromatic carbocycles. The van der Waals surface area contributed by atoms with Crippen molar-refractivity contribution in [2.24, 2.45) is 5.92 Å². The molecule has 2 rings (SSSR count). The molecule has 4 nitrogen and oxygen atoms in total. The molecule has 0 radical (unpaired) electrons. The first-order chi connectivity index (χ1) is 9.68. The van der Waals surface area contributed by atoms with E-state index >= 15 is 0 Å². The van der Waals surface area contributed by atoms with E-state index in [0.29, 0.717) is 24.7 Å². The fourth-order valence-corrected chi connectivity index (χ4v) is 3.03. The number of nitrogens with zero attached hydrogens (tertiary/aromatic N) is 1. The first-order valence-electron chi connectivity index (χ1n) is 7.75. The van der Waals surface area contributed by atoms with Gasteiger partial charge in [0.05, 0.1) is 0 Å². The lowest BCUT2D eigenvalue weighted by Crippen LogP contribution is -2.30. The van der Waals surface area contributed by atoms with E-state index in [1.807, 2.05) is 0 Å². The van der Waals surface area contributed by atoms with Gasteiger partial charge in [0.25, 0.3) is 11.8 Å². The molecule has 0 aromatic heterocycles. The smallest absolute Gasteiger partial charge is 0.253 e. The maximum Gasteiger partial charge on any atom is 0.253 e. The zero-order valence-electron chi connectivity index (χ0n) is 12.0. The first kappa shape index (κ1) is 14.9. The van der Waals surface area contributed by atoms with Gasteiger partial charge in [-0.1, -0.05) is 25.7 Å². The van der Waals surface area contributed by atoms with Crippen LogP contribution in [-0.2, 0) is 14.4 Å². The topological polar surface area (TPSA) is 54.5 Å². The summed E-state index contributed by atoms with van der Waals surface area (Å²) < 4.78 is 0. The van der Waals surface area contributed by atoms with Gasteiger partial charge in [-0.3, -0.25) is 19.3 Å². The van der Waals surface area contributed by atoms with Crippen molar-refractivity contribution in [2.45, 2.75) is 57.8 Å². The zero-order chi connectivity index (χ0) is 14.4. The van der Waals surface area contributed by atoms with Crippen LogP contribution in [0.4, 0.5) is 0 Å². The van der Waals surface area contributed by atoms with Crippen molar-refractivity contribution in [1.29, 1.82) is 0 Å². The highest BCUT2D eigenvalue weighted by atomic mass is 16.2. The van der Waals surface area contributed by atoms with Crippen molar-refractivity contribution in [3.8, 4) is 0 Å². The van der Waals surface area contributed by atoms with Gasteiger partial charge in [-0.2, -0.15) is 0 Å². The third kappa shape index (κ3) is 4.02. The molecule has 1 aliphatic heterocycles. The highest BCUT2D eigenvalue weighted by molar-refractivity contribution is 6.12. The van der Waals surface area contributed by atoms with Gasteiger partial charge in [-0.05, 0) is 25.7 Å². The highest BCUT2D eigenvalue weighted by Crippen LogP contribution is 2.25. The summed E-state index contributed by atoms with van der Waals surface area (Å²) in [6, 6.07) is 0. The number of carbonyl (C=O) groups excluding carboxylic acids is 3. The van der Waals surface area contributed by atoms with Gasteiger partial charge < -0.3 is 0 Å². The molecule has 20 heavy (non-hydrogen) atoms. The molecule has 4 heteroatoms. The molecule has 2 aliphatic rings. The number of hydrogen-bond acceptors (Lipinski definition) is 3. The first-order valence-corrected chi connectivity index (χ1v) is 7.75. The van der Waals surface area contributed by atoms with Crippen molar-refractivity contribution >= 4 is 17.6 Å². The van der Waals surface area contributed by atoms with Crippen LogP contribution in [0.1, 0.15) is 57.8 Å². The van der Waals surface area contributed by atoms with Crippen LogP contribution in [0.5, 0.6) is 0 Å². The van der Waals surface area contributed by atoms with Crippen molar-refractivity contribution < 1.29 is 14.4 Å². The molecule has 0 saturated heterocycles. The quantitative estimate of drug-likeness (QED) is 0.531. The summed E-state index contributed by atoms with van der Waals surface area (Å²) in [5.74, 6) is 0.288. The number of unbranched alkanes of at least 4 members (excludes halogenated alkanes) is 2. The van der Waals surface area contributed by atoms with E-state index in [9.17, 15) is 14.4 Å². The molecule has 0 N–H and O–H groups in total. The Bertz CT molecular complexity index is 390. The number of amides is 2. The molecule has 0 spiro atoms. The fraction of sp³-hybridized carbons (Fsp3) is 0.688. The number of hydrogen-bond donors (Lipinski definition) is 0. The standard InChI is InChI=1S/C16H23NO3/c18-14(13-7-3-1-4-8-13)9-5-2-6-12-17-15(19)10-11-16(17)20/h10-11,13H,1-9,12H2. The summed E-state index contributed by atoms with van der Waals surface area (Å²) >= 11 is 0. The summed E-state index contributed by atoms with van der Waals surface area (Å²) in [6.45, 7) is 0.474. The van der Waals surface area contributed by atoms with Crippen LogP contribution in [0.2, 0.25) is 0 Å². The lowest BCUT2D eigenvalue weighted by atomic mass is 9.84. The summed E-state index contributed by atoms with van der Waals surface area (Å²) in [5.41, 5.74) is 0. The average molecular weight is 277 g/mol. The molecule has 1 aliphatic carbocycles. The second kappa shape index (κ2) is 7.36. The largest absolute Gasteiger partial charge is 0.299 e. The number of ketones is 1. The minimum absolute atomic E-state index is 0.215. The normalized spacial score (nSPS) is 19.9. The maximum atomic E-state index is 12.0. The SMILES string of the molecule is O=C(CCCCCN1C(=O)C=CC1=O)C1CCCCC1. The van der Waals surface area contributed by atoms with Crippen molar-refractivity contribution in [3.05, 3.63) is 12.2 Å². The van der Waals surface area contributed by atoms with E-state index in [0.717, 1.165) is 32.1 Å². The van der Waals surface area contributed by atoms with Crippen LogP contribution in [0.3, 0.4) is 0 Å². The number of Topliss-reactive ketones (excluding diaryl/α,β-unsaturated/α-hetero) is 1. The molecule has 0 bridgehead atoms. The minimum Gasteiger partial charge on any atom is -0.299 e. The lowest BCUT2D eigenvalue weighted by Gasteiger charge is -2.20. The molecule has 1 heterocycles. The Hall–Kier alpha value is -1.45. The van der Waals surface area contributed by atoms with Crippen molar-refractivity contribution in [3.63, 3.8) is 0 Å². The molecule has 0 atom stereocenters. The molecule has 2 amide bonds. The second-order valence-corrected chi connectivity index (χ2v) is 5.77. The Kier molecular flexibility index (Phi) is 5.50. The van der Waals surface area contributed by atoms with Gasteiger partial charge in [0.15, 0.2) is 0 Å². The van der Waals surface area contributed by atoms with Crippen molar-refractivity contribution in [2.75, 3.05) is 6.54 Å². The third-order valence-corrected chi connectivity index (χ3v) is 4.27.